The first-order valence-electron chi connectivity index (χ1n) is 7.54. The summed E-state index contributed by atoms with van der Waals surface area (Å²) in [6.45, 7) is -1.55. The number of alkyl halides is 3. The van der Waals surface area contributed by atoms with Gasteiger partial charge in [-0.3, -0.25) is 4.79 Å². The fraction of sp³-hybridized carbons (Fsp3) is 0.125. The number of pyridine rings is 1. The number of halogens is 5. The molecule has 0 aliphatic rings. The highest BCUT2D eigenvalue weighted by Crippen LogP contribution is 2.27. The van der Waals surface area contributed by atoms with Crippen LogP contribution in [0, 0.1) is 0 Å². The molecular formula is C16H10Cl2F3N5O2. The van der Waals surface area contributed by atoms with Gasteiger partial charge < -0.3 is 10.1 Å². The third kappa shape index (κ3) is 4.90. The van der Waals surface area contributed by atoms with E-state index in [1.807, 2.05) is 0 Å². The predicted octanol–water partition coefficient (Wildman–Crippen LogP) is 4.16. The summed E-state index contributed by atoms with van der Waals surface area (Å²) in [5.41, 5.74) is 0.838. The number of benzene rings is 1. The lowest BCUT2D eigenvalue weighted by Gasteiger charge is -2.12. The Kier molecular flexibility index (Phi) is 5.71. The molecule has 0 unspecified atom stereocenters. The van der Waals surface area contributed by atoms with E-state index in [0.717, 1.165) is 12.3 Å². The van der Waals surface area contributed by atoms with Gasteiger partial charge in [0.05, 0.1) is 16.9 Å². The standard InChI is InChI=1S/C16H10Cl2F3N5O2/c17-10-1-2-13(26-8-22-7-24-26)12(4-10)25-14(27)9-3-11(18)15(23-5-9)28-6-16(19,20)21/h1-5,7-8H,6H2,(H,25,27). The van der Waals surface area contributed by atoms with Gasteiger partial charge in [-0.2, -0.15) is 18.3 Å². The molecule has 2 aromatic heterocycles. The van der Waals surface area contributed by atoms with Crippen LogP contribution in [0.1, 0.15) is 10.4 Å². The van der Waals surface area contributed by atoms with Crippen LogP contribution in [0.5, 0.6) is 5.88 Å². The van der Waals surface area contributed by atoms with E-state index in [2.05, 4.69) is 25.1 Å². The molecule has 0 saturated heterocycles. The molecule has 28 heavy (non-hydrogen) atoms. The van der Waals surface area contributed by atoms with Crippen molar-refractivity contribution in [3.05, 3.63) is 58.7 Å². The number of rotatable bonds is 5. The Labute approximate surface area is 166 Å². The summed E-state index contributed by atoms with van der Waals surface area (Å²) >= 11 is 11.9. The van der Waals surface area contributed by atoms with Gasteiger partial charge in [-0.05, 0) is 24.3 Å². The lowest BCUT2D eigenvalue weighted by atomic mass is 10.2. The maximum Gasteiger partial charge on any atom is 0.422 e. The van der Waals surface area contributed by atoms with E-state index >= 15 is 0 Å². The van der Waals surface area contributed by atoms with E-state index < -0.39 is 24.6 Å². The number of nitrogens with zero attached hydrogens (tertiary/aromatic N) is 4. The second kappa shape index (κ2) is 8.03. The van der Waals surface area contributed by atoms with Crippen LogP contribution in [0.2, 0.25) is 10.0 Å². The first kappa shape index (κ1) is 19.9. The second-order valence-corrected chi connectivity index (χ2v) is 6.21. The normalized spacial score (nSPS) is 11.3. The molecule has 2 heterocycles. The Morgan fingerprint density at radius 2 is 2.04 bits per heavy atom. The Bertz CT molecular complexity index is 996. The number of carbonyl (C=O) groups excluding carboxylic acids is 1. The summed E-state index contributed by atoms with van der Waals surface area (Å²) in [5.74, 6) is -1.04. The van der Waals surface area contributed by atoms with Gasteiger partial charge in [0.25, 0.3) is 5.91 Å². The van der Waals surface area contributed by atoms with E-state index in [4.69, 9.17) is 23.2 Å². The molecule has 3 rings (SSSR count). The largest absolute Gasteiger partial charge is 0.467 e. The summed E-state index contributed by atoms with van der Waals surface area (Å²) in [6, 6.07) is 5.90. The minimum Gasteiger partial charge on any atom is -0.467 e. The molecule has 1 amide bonds. The van der Waals surface area contributed by atoms with Crippen LogP contribution in [-0.4, -0.2) is 38.4 Å². The van der Waals surface area contributed by atoms with Gasteiger partial charge in [-0.15, -0.1) is 0 Å². The van der Waals surface area contributed by atoms with E-state index in [1.54, 1.807) is 12.1 Å². The number of aromatic nitrogens is 4. The average molecular weight is 432 g/mol. The molecule has 0 saturated carbocycles. The topological polar surface area (TPSA) is 81.9 Å². The van der Waals surface area contributed by atoms with Crippen LogP contribution >= 0.6 is 23.2 Å². The highest BCUT2D eigenvalue weighted by atomic mass is 35.5. The summed E-state index contributed by atoms with van der Waals surface area (Å²) in [4.78, 5) is 20.0. The molecule has 0 atom stereocenters. The Morgan fingerprint density at radius 1 is 1.25 bits per heavy atom. The molecule has 7 nitrogen and oxygen atoms in total. The lowest BCUT2D eigenvalue weighted by molar-refractivity contribution is -0.154. The number of carbonyl (C=O) groups is 1. The van der Waals surface area contributed by atoms with Crippen LogP contribution in [-0.2, 0) is 0 Å². The third-order valence-corrected chi connectivity index (χ3v) is 3.82. The molecule has 0 aliphatic heterocycles. The second-order valence-electron chi connectivity index (χ2n) is 5.37. The quantitative estimate of drug-likeness (QED) is 0.655. The smallest absolute Gasteiger partial charge is 0.422 e. The molecule has 1 aromatic carbocycles. The number of ether oxygens (including phenoxy) is 1. The molecular weight excluding hydrogens is 422 g/mol. The van der Waals surface area contributed by atoms with Crippen LogP contribution in [0.4, 0.5) is 18.9 Å². The summed E-state index contributed by atoms with van der Waals surface area (Å²) in [5, 5.41) is 6.75. The van der Waals surface area contributed by atoms with Crippen LogP contribution in [0.25, 0.3) is 5.69 Å². The molecule has 12 heteroatoms. The minimum atomic E-state index is -4.54. The summed E-state index contributed by atoms with van der Waals surface area (Å²) < 4.78 is 42.6. The molecule has 0 fully saturated rings. The SMILES string of the molecule is O=C(Nc1cc(Cl)ccc1-n1cncn1)c1cnc(OCC(F)(F)F)c(Cl)c1. The molecule has 1 N–H and O–H groups in total. The number of nitrogens with one attached hydrogen (secondary N) is 1. The van der Waals surface area contributed by atoms with Crippen LogP contribution in [0.15, 0.2) is 43.1 Å². The minimum absolute atomic E-state index is 0.00822. The number of anilines is 1. The fourth-order valence-electron chi connectivity index (χ4n) is 2.14. The lowest BCUT2D eigenvalue weighted by Crippen LogP contribution is -2.20. The number of hydrogen-bond acceptors (Lipinski definition) is 5. The van der Waals surface area contributed by atoms with Crippen LogP contribution < -0.4 is 10.1 Å². The predicted molar refractivity (Wildman–Crippen MR) is 95.1 cm³/mol. The first-order valence-corrected chi connectivity index (χ1v) is 8.29. The molecule has 3 aromatic rings. The van der Waals surface area contributed by atoms with Crippen LogP contribution in [0.3, 0.4) is 0 Å². The van der Waals surface area contributed by atoms with Gasteiger partial charge in [0.2, 0.25) is 5.88 Å². The maximum absolute atomic E-state index is 12.5. The Balaban J connectivity index is 1.80. The molecule has 0 spiro atoms. The van der Waals surface area contributed by atoms with E-state index in [0.29, 0.717) is 16.4 Å². The van der Waals surface area contributed by atoms with Gasteiger partial charge in [0.1, 0.15) is 17.7 Å². The summed E-state index contributed by atoms with van der Waals surface area (Å²) in [7, 11) is 0. The van der Waals surface area contributed by atoms with Crippen molar-refractivity contribution in [3.63, 3.8) is 0 Å². The molecule has 0 radical (unpaired) electrons. The van der Waals surface area contributed by atoms with Crippen molar-refractivity contribution in [2.45, 2.75) is 6.18 Å². The van der Waals surface area contributed by atoms with Crippen molar-refractivity contribution < 1.29 is 22.7 Å². The Hall–Kier alpha value is -2.85. The number of hydrogen-bond donors (Lipinski definition) is 1. The molecule has 0 aliphatic carbocycles. The van der Waals surface area contributed by atoms with E-state index in [-0.39, 0.29) is 10.6 Å². The van der Waals surface area contributed by atoms with Gasteiger partial charge in [0, 0.05) is 11.2 Å². The van der Waals surface area contributed by atoms with Crippen molar-refractivity contribution in [1.29, 1.82) is 0 Å². The molecule has 146 valence electrons. The van der Waals surface area contributed by atoms with Crippen molar-refractivity contribution >= 4 is 34.8 Å². The highest BCUT2D eigenvalue weighted by molar-refractivity contribution is 6.32. The molecule has 0 bridgehead atoms. The average Bonchev–Trinajstić information content (AvgIpc) is 3.14. The maximum atomic E-state index is 12.5. The van der Waals surface area contributed by atoms with Crippen molar-refractivity contribution in [2.75, 3.05) is 11.9 Å². The van der Waals surface area contributed by atoms with E-state index in [1.165, 1.54) is 23.4 Å². The fourth-order valence-corrected chi connectivity index (χ4v) is 2.53. The van der Waals surface area contributed by atoms with E-state index in [9.17, 15) is 18.0 Å². The Morgan fingerprint density at radius 3 is 2.68 bits per heavy atom. The van der Waals surface area contributed by atoms with Crippen molar-refractivity contribution in [1.82, 2.24) is 19.7 Å². The van der Waals surface area contributed by atoms with Crippen molar-refractivity contribution in [2.24, 2.45) is 0 Å². The zero-order valence-electron chi connectivity index (χ0n) is 13.7. The number of amides is 1. The first-order chi connectivity index (χ1) is 13.2. The monoisotopic (exact) mass is 431 g/mol. The van der Waals surface area contributed by atoms with Gasteiger partial charge in [0.15, 0.2) is 6.61 Å². The van der Waals surface area contributed by atoms with Gasteiger partial charge in [-0.25, -0.2) is 14.6 Å². The summed E-state index contributed by atoms with van der Waals surface area (Å²) in [6.07, 6.45) is -0.730. The van der Waals surface area contributed by atoms with Crippen molar-refractivity contribution in [3.8, 4) is 11.6 Å². The third-order valence-electron chi connectivity index (χ3n) is 3.31. The zero-order valence-corrected chi connectivity index (χ0v) is 15.3. The zero-order chi connectivity index (χ0) is 20.3. The van der Waals surface area contributed by atoms with Gasteiger partial charge in [-0.1, -0.05) is 23.2 Å². The van der Waals surface area contributed by atoms with Gasteiger partial charge >= 0.3 is 6.18 Å². The highest BCUT2D eigenvalue weighted by Gasteiger charge is 2.29.